The topological polar surface area (TPSA) is 50.7 Å². The maximum atomic E-state index is 12.0. The van der Waals surface area contributed by atoms with Gasteiger partial charge >= 0.3 is 0 Å². The quantitative estimate of drug-likeness (QED) is 0.900. The van der Waals surface area contributed by atoms with E-state index in [1.165, 1.54) is 0 Å². The Morgan fingerprint density at radius 2 is 1.73 bits per heavy atom. The van der Waals surface area contributed by atoms with Gasteiger partial charge in [-0.3, -0.25) is 0 Å². The molecule has 4 nitrogen and oxygen atoms in total. The maximum Gasteiger partial charge on any atom is 0.240 e. The Labute approximate surface area is 95.0 Å². The van der Waals surface area contributed by atoms with Crippen LogP contribution in [0.1, 0.15) is 13.3 Å². The number of anilines is 1. The fourth-order valence-electron chi connectivity index (χ4n) is 0.937. The molecule has 0 radical (unpaired) electrons. The van der Waals surface area contributed by atoms with Crippen LogP contribution in [0.2, 0.25) is 10.6 Å². The van der Waals surface area contributed by atoms with Crippen LogP contribution >= 0.6 is 23.2 Å². The van der Waals surface area contributed by atoms with Crippen LogP contribution in [0.25, 0.3) is 0 Å². The lowest BCUT2D eigenvalue weighted by molar-refractivity contribution is 0.133. The summed E-state index contributed by atoms with van der Waals surface area (Å²) in [5.41, 5.74) is 0. The first-order chi connectivity index (χ1) is 6.97. The number of hydrogen-bond acceptors (Lipinski definition) is 4. The molecule has 0 aliphatic heterocycles. The van der Waals surface area contributed by atoms with E-state index in [2.05, 4.69) is 20.3 Å². The number of alkyl halides is 2. The zero-order valence-corrected chi connectivity index (χ0v) is 9.23. The summed E-state index contributed by atoms with van der Waals surface area (Å²) >= 11 is 11.0. The highest BCUT2D eigenvalue weighted by molar-refractivity contribution is 6.31. The van der Waals surface area contributed by atoms with Crippen LogP contribution in [0, 0.1) is 0 Å². The highest BCUT2D eigenvalue weighted by Gasteiger charge is 2.12. The molecule has 1 N–H and O–H groups in total. The Balaban J connectivity index is 2.63. The Morgan fingerprint density at radius 3 is 2.20 bits per heavy atom. The number of nitrogens with one attached hydrogen (secondary N) is 1. The minimum Gasteiger partial charge on any atom is -0.351 e. The van der Waals surface area contributed by atoms with Crippen LogP contribution in [-0.2, 0) is 0 Å². The molecule has 15 heavy (non-hydrogen) atoms. The Kier molecular flexibility index (Phi) is 4.41. The standard InChI is InChI=1S/C7H8Cl2F2N4/c1-3(2-4(10)11)12-7-14-5(8)13-6(9)15-7/h3-4H,2H2,1H3,(H,12,13,14,15). The lowest BCUT2D eigenvalue weighted by Gasteiger charge is -2.12. The predicted octanol–water partition coefficient (Wildman–Crippen LogP) is 2.63. The van der Waals surface area contributed by atoms with Crippen molar-refractivity contribution in [3.05, 3.63) is 10.6 Å². The molecule has 0 fully saturated rings. The molecule has 1 rings (SSSR count). The molecule has 84 valence electrons. The van der Waals surface area contributed by atoms with Gasteiger partial charge in [-0.2, -0.15) is 15.0 Å². The van der Waals surface area contributed by atoms with E-state index < -0.39 is 12.5 Å². The number of rotatable bonds is 4. The molecule has 1 aromatic rings. The van der Waals surface area contributed by atoms with Gasteiger partial charge in [-0.25, -0.2) is 8.78 Å². The van der Waals surface area contributed by atoms with Crippen LogP contribution < -0.4 is 5.32 Å². The van der Waals surface area contributed by atoms with Gasteiger partial charge in [0.15, 0.2) is 0 Å². The average molecular weight is 257 g/mol. The van der Waals surface area contributed by atoms with Crippen molar-refractivity contribution in [3.8, 4) is 0 Å². The maximum absolute atomic E-state index is 12.0. The van der Waals surface area contributed by atoms with E-state index in [0.717, 1.165) is 0 Å². The Morgan fingerprint density at radius 1 is 1.20 bits per heavy atom. The van der Waals surface area contributed by atoms with Gasteiger partial charge in [0, 0.05) is 12.5 Å². The monoisotopic (exact) mass is 256 g/mol. The van der Waals surface area contributed by atoms with Gasteiger partial charge in [-0.15, -0.1) is 0 Å². The second kappa shape index (κ2) is 5.37. The average Bonchev–Trinajstić information content (AvgIpc) is 1.98. The van der Waals surface area contributed by atoms with Gasteiger partial charge in [-0.05, 0) is 30.1 Å². The molecule has 0 bridgehead atoms. The van der Waals surface area contributed by atoms with E-state index >= 15 is 0 Å². The number of aromatic nitrogens is 3. The first-order valence-corrected chi connectivity index (χ1v) is 4.84. The molecule has 1 atom stereocenters. The molecular formula is C7H8Cl2F2N4. The highest BCUT2D eigenvalue weighted by atomic mass is 35.5. The molecule has 0 aliphatic rings. The van der Waals surface area contributed by atoms with Crippen LogP contribution in [0.15, 0.2) is 0 Å². The summed E-state index contributed by atoms with van der Waals surface area (Å²) in [6.45, 7) is 1.58. The van der Waals surface area contributed by atoms with Crippen molar-refractivity contribution in [2.45, 2.75) is 25.8 Å². The fraction of sp³-hybridized carbons (Fsp3) is 0.571. The largest absolute Gasteiger partial charge is 0.351 e. The fourth-order valence-corrected chi connectivity index (χ4v) is 1.30. The smallest absolute Gasteiger partial charge is 0.240 e. The van der Waals surface area contributed by atoms with Crippen molar-refractivity contribution in [1.29, 1.82) is 0 Å². The summed E-state index contributed by atoms with van der Waals surface area (Å²) in [6.07, 6.45) is -2.69. The number of halogens is 4. The Bertz CT molecular complexity index is 317. The third kappa shape index (κ3) is 4.53. The lowest BCUT2D eigenvalue weighted by Crippen LogP contribution is -2.20. The van der Waals surface area contributed by atoms with Gasteiger partial charge < -0.3 is 5.32 Å². The van der Waals surface area contributed by atoms with Crippen molar-refractivity contribution >= 4 is 29.2 Å². The van der Waals surface area contributed by atoms with Gasteiger partial charge in [0.2, 0.25) is 22.9 Å². The summed E-state index contributed by atoms with van der Waals surface area (Å²) in [5.74, 6) is 0.0909. The molecule has 0 saturated carbocycles. The molecular weight excluding hydrogens is 249 g/mol. The van der Waals surface area contributed by atoms with Crippen molar-refractivity contribution in [1.82, 2.24) is 15.0 Å². The van der Waals surface area contributed by atoms with E-state index in [1.807, 2.05) is 0 Å². The van der Waals surface area contributed by atoms with E-state index in [9.17, 15) is 8.78 Å². The van der Waals surface area contributed by atoms with Gasteiger partial charge in [-0.1, -0.05) is 0 Å². The SMILES string of the molecule is CC(CC(F)F)Nc1nc(Cl)nc(Cl)n1. The zero-order chi connectivity index (χ0) is 11.4. The molecule has 0 spiro atoms. The zero-order valence-electron chi connectivity index (χ0n) is 7.72. The molecule has 8 heteroatoms. The molecule has 0 aromatic carbocycles. The van der Waals surface area contributed by atoms with Crippen LogP contribution in [-0.4, -0.2) is 27.4 Å². The van der Waals surface area contributed by atoms with Gasteiger partial charge in [0.1, 0.15) is 0 Å². The minimum atomic E-state index is -2.39. The van der Waals surface area contributed by atoms with E-state index in [4.69, 9.17) is 23.2 Å². The number of nitrogens with zero attached hydrogens (tertiary/aromatic N) is 3. The van der Waals surface area contributed by atoms with E-state index in [0.29, 0.717) is 0 Å². The molecule has 0 aliphatic carbocycles. The molecule has 1 unspecified atom stereocenters. The van der Waals surface area contributed by atoms with Crippen molar-refractivity contribution in [2.75, 3.05) is 5.32 Å². The molecule has 0 amide bonds. The summed E-state index contributed by atoms with van der Waals surface area (Å²) in [6, 6.07) is -0.473. The van der Waals surface area contributed by atoms with Crippen LogP contribution in [0.3, 0.4) is 0 Å². The molecule has 0 saturated heterocycles. The van der Waals surface area contributed by atoms with Crippen LogP contribution in [0.4, 0.5) is 14.7 Å². The van der Waals surface area contributed by atoms with Gasteiger partial charge in [0.05, 0.1) is 0 Å². The van der Waals surface area contributed by atoms with Crippen molar-refractivity contribution in [2.24, 2.45) is 0 Å². The van der Waals surface area contributed by atoms with E-state index in [-0.39, 0.29) is 22.9 Å². The molecule has 1 aromatic heterocycles. The highest BCUT2D eigenvalue weighted by Crippen LogP contribution is 2.12. The van der Waals surface area contributed by atoms with Crippen molar-refractivity contribution in [3.63, 3.8) is 0 Å². The lowest BCUT2D eigenvalue weighted by atomic mass is 10.2. The Hall–Kier alpha value is -0.750. The second-order valence-electron chi connectivity index (χ2n) is 2.87. The molecule has 1 heterocycles. The second-order valence-corrected chi connectivity index (χ2v) is 3.55. The summed E-state index contributed by atoms with van der Waals surface area (Å²) in [5, 5.41) is 2.48. The predicted molar refractivity (Wildman–Crippen MR) is 53.6 cm³/mol. The summed E-state index contributed by atoms with van der Waals surface area (Å²) in [7, 11) is 0. The van der Waals surface area contributed by atoms with E-state index in [1.54, 1.807) is 6.92 Å². The summed E-state index contributed by atoms with van der Waals surface area (Å²) in [4.78, 5) is 10.9. The van der Waals surface area contributed by atoms with Crippen LogP contribution in [0.5, 0.6) is 0 Å². The van der Waals surface area contributed by atoms with Crippen molar-refractivity contribution < 1.29 is 8.78 Å². The third-order valence-corrected chi connectivity index (χ3v) is 1.83. The minimum absolute atomic E-state index is 0.0817. The first kappa shape index (κ1) is 12.3. The third-order valence-electron chi connectivity index (χ3n) is 1.49. The summed E-state index contributed by atoms with van der Waals surface area (Å²) < 4.78 is 24.0. The normalized spacial score (nSPS) is 12.9. The first-order valence-electron chi connectivity index (χ1n) is 4.09. The number of hydrogen-bond donors (Lipinski definition) is 1. The van der Waals surface area contributed by atoms with Gasteiger partial charge in [0.25, 0.3) is 0 Å².